The standard InChI is InChI=1S/C74H144O17P2/c1-8-9-10-11-12-13-14-15-16-17-18-19-20-21-22-23-24-25-26-35-43-50-57-73(78)90-69(61-84-71(76)55-48-41-34-28-27-31-38-45-52-65(2)3)63-88-92(80,81)86-59-68(75)60-87-93(82,83)89-64-70(91-74(79)58-51-44-37-30-33-40-47-54-67(6)7)62-85-72(77)56-49-42-36-29-32-39-46-53-66(4)5/h65-70,75H,8-64H2,1-7H3,(H,80,81)(H,82,83)/t68-,69-,70-/m1/s1. The fourth-order valence-corrected chi connectivity index (χ4v) is 12.8. The van der Waals surface area contributed by atoms with Gasteiger partial charge in [-0.3, -0.25) is 37.3 Å². The van der Waals surface area contributed by atoms with E-state index >= 15 is 0 Å². The third-order valence-electron chi connectivity index (χ3n) is 17.1. The van der Waals surface area contributed by atoms with Crippen molar-refractivity contribution in [1.29, 1.82) is 0 Å². The monoisotopic (exact) mass is 1370 g/mol. The number of aliphatic hydroxyl groups excluding tert-OH is 1. The van der Waals surface area contributed by atoms with Gasteiger partial charge in [-0.1, -0.05) is 325 Å². The van der Waals surface area contributed by atoms with Crippen molar-refractivity contribution in [3.63, 3.8) is 0 Å². The van der Waals surface area contributed by atoms with Gasteiger partial charge < -0.3 is 33.8 Å². The van der Waals surface area contributed by atoms with Crippen molar-refractivity contribution < 1.29 is 80.2 Å². The van der Waals surface area contributed by atoms with E-state index in [2.05, 4.69) is 48.5 Å². The van der Waals surface area contributed by atoms with E-state index in [1.807, 2.05) is 0 Å². The summed E-state index contributed by atoms with van der Waals surface area (Å²) in [5.74, 6) is -0.000887. The lowest BCUT2D eigenvalue weighted by Crippen LogP contribution is -2.30. The summed E-state index contributed by atoms with van der Waals surface area (Å²) in [4.78, 5) is 72.6. The molecule has 0 rings (SSSR count). The molecule has 93 heavy (non-hydrogen) atoms. The van der Waals surface area contributed by atoms with Crippen molar-refractivity contribution >= 4 is 39.5 Å². The number of phosphoric acid groups is 2. The Bertz CT molecular complexity index is 1820. The van der Waals surface area contributed by atoms with Gasteiger partial charge in [0.25, 0.3) is 0 Å². The molecule has 3 N–H and O–H groups in total. The van der Waals surface area contributed by atoms with Crippen molar-refractivity contribution in [1.82, 2.24) is 0 Å². The molecule has 0 aliphatic rings. The second-order valence-corrected chi connectivity index (χ2v) is 31.0. The molecule has 0 fully saturated rings. The van der Waals surface area contributed by atoms with Crippen LogP contribution in [0.4, 0.5) is 0 Å². The van der Waals surface area contributed by atoms with Crippen LogP contribution in [0.15, 0.2) is 0 Å². The van der Waals surface area contributed by atoms with E-state index in [0.717, 1.165) is 102 Å². The fraction of sp³-hybridized carbons (Fsp3) is 0.946. The van der Waals surface area contributed by atoms with Crippen LogP contribution >= 0.6 is 15.6 Å². The Morgan fingerprint density at radius 3 is 0.731 bits per heavy atom. The van der Waals surface area contributed by atoms with Gasteiger partial charge in [-0.25, -0.2) is 9.13 Å². The van der Waals surface area contributed by atoms with Gasteiger partial charge in [0.15, 0.2) is 12.2 Å². The molecule has 0 saturated heterocycles. The molecule has 0 radical (unpaired) electrons. The molecule has 0 heterocycles. The topological polar surface area (TPSA) is 237 Å². The summed E-state index contributed by atoms with van der Waals surface area (Å²) in [7, 11) is -9.90. The maximum absolute atomic E-state index is 13.0. The molecule has 19 heteroatoms. The third kappa shape index (κ3) is 68.4. The fourth-order valence-electron chi connectivity index (χ4n) is 11.2. The summed E-state index contributed by atoms with van der Waals surface area (Å²) in [6, 6.07) is 0. The number of phosphoric ester groups is 2. The van der Waals surface area contributed by atoms with Gasteiger partial charge in [0.1, 0.15) is 19.3 Å². The highest BCUT2D eigenvalue weighted by Crippen LogP contribution is 2.45. The Morgan fingerprint density at radius 1 is 0.290 bits per heavy atom. The summed E-state index contributed by atoms with van der Waals surface area (Å²) < 4.78 is 68.3. The molecule has 0 aliphatic carbocycles. The van der Waals surface area contributed by atoms with Gasteiger partial charge >= 0.3 is 39.5 Å². The number of hydrogen-bond donors (Lipinski definition) is 3. The highest BCUT2D eigenvalue weighted by Gasteiger charge is 2.30. The molecule has 5 atom stereocenters. The second-order valence-electron chi connectivity index (χ2n) is 28.1. The Hall–Kier alpha value is -1.94. The van der Waals surface area contributed by atoms with E-state index in [1.165, 1.54) is 180 Å². The zero-order valence-corrected chi connectivity index (χ0v) is 62.5. The molecule has 0 spiro atoms. The summed E-state index contributed by atoms with van der Waals surface area (Å²) in [6.45, 7) is 11.7. The third-order valence-corrected chi connectivity index (χ3v) is 19.0. The number of aliphatic hydroxyl groups is 1. The maximum Gasteiger partial charge on any atom is 0.472 e. The van der Waals surface area contributed by atoms with Crippen LogP contribution in [0, 0.1) is 17.8 Å². The molecule has 0 saturated carbocycles. The number of carbonyl (C=O) groups excluding carboxylic acids is 4. The van der Waals surface area contributed by atoms with Crippen molar-refractivity contribution in [3.8, 4) is 0 Å². The number of unbranched alkanes of at least 4 members (excludes halogenated alkanes) is 40. The van der Waals surface area contributed by atoms with Gasteiger partial charge in [-0.05, 0) is 43.4 Å². The SMILES string of the molecule is CCCCCCCCCCCCCCCCCCCCCCCCC(=O)O[C@H](COC(=O)CCCCCCCCCCC(C)C)COP(=O)(O)OC[C@@H](O)COP(=O)(O)OC[C@@H](COC(=O)CCCCCCCCCC(C)C)OC(=O)CCCCCCCCCC(C)C. The van der Waals surface area contributed by atoms with Crippen LogP contribution < -0.4 is 0 Å². The average molecular weight is 1370 g/mol. The lowest BCUT2D eigenvalue weighted by Gasteiger charge is -2.21. The Morgan fingerprint density at radius 2 is 0.495 bits per heavy atom. The molecule has 0 aromatic carbocycles. The number of ether oxygens (including phenoxy) is 4. The van der Waals surface area contributed by atoms with Crippen molar-refractivity contribution in [2.24, 2.45) is 17.8 Å². The Balaban J connectivity index is 5.15. The predicted molar refractivity (Wildman–Crippen MR) is 377 cm³/mol. The summed E-state index contributed by atoms with van der Waals surface area (Å²) >= 11 is 0. The molecular weight excluding hydrogens is 1220 g/mol. The predicted octanol–water partition coefficient (Wildman–Crippen LogP) is 21.4. The first-order valence-electron chi connectivity index (χ1n) is 38.3. The van der Waals surface area contributed by atoms with E-state index in [1.54, 1.807) is 0 Å². The number of hydrogen-bond acceptors (Lipinski definition) is 15. The first-order chi connectivity index (χ1) is 44.7. The van der Waals surface area contributed by atoms with Crippen LogP contribution in [0.1, 0.15) is 376 Å². The molecule has 2 unspecified atom stereocenters. The van der Waals surface area contributed by atoms with Crippen LogP contribution in [-0.2, 0) is 65.4 Å². The lowest BCUT2D eigenvalue weighted by molar-refractivity contribution is -0.161. The van der Waals surface area contributed by atoms with Crippen molar-refractivity contribution in [2.45, 2.75) is 394 Å². The number of esters is 4. The normalized spacial score (nSPS) is 14.1. The minimum Gasteiger partial charge on any atom is -0.462 e. The smallest absolute Gasteiger partial charge is 0.462 e. The summed E-state index contributed by atoms with van der Waals surface area (Å²) in [6.07, 6.45) is 50.5. The van der Waals surface area contributed by atoms with Crippen LogP contribution in [0.3, 0.4) is 0 Å². The Labute approximate surface area is 568 Å². The molecule has 0 aromatic heterocycles. The second kappa shape index (κ2) is 64.7. The van der Waals surface area contributed by atoms with Gasteiger partial charge in [0.2, 0.25) is 0 Å². The quantitative estimate of drug-likeness (QED) is 0.0222. The number of carbonyl (C=O) groups is 4. The van der Waals surface area contributed by atoms with Gasteiger partial charge in [-0.2, -0.15) is 0 Å². The van der Waals surface area contributed by atoms with Crippen molar-refractivity contribution in [2.75, 3.05) is 39.6 Å². The highest BCUT2D eigenvalue weighted by molar-refractivity contribution is 7.47. The average Bonchev–Trinajstić information content (AvgIpc) is 1.86. The molecular formula is C74H144O17P2. The van der Waals surface area contributed by atoms with Crippen LogP contribution in [-0.4, -0.2) is 96.7 Å². The van der Waals surface area contributed by atoms with Crippen LogP contribution in [0.5, 0.6) is 0 Å². The van der Waals surface area contributed by atoms with Gasteiger partial charge in [-0.15, -0.1) is 0 Å². The van der Waals surface area contributed by atoms with Gasteiger partial charge in [0, 0.05) is 25.7 Å². The molecule has 552 valence electrons. The first kappa shape index (κ1) is 91.1. The minimum absolute atomic E-state index is 0.102. The first-order valence-corrected chi connectivity index (χ1v) is 41.3. The molecule has 0 amide bonds. The summed E-state index contributed by atoms with van der Waals surface area (Å²) in [5.41, 5.74) is 0. The van der Waals surface area contributed by atoms with E-state index in [9.17, 15) is 43.2 Å². The van der Waals surface area contributed by atoms with Crippen LogP contribution in [0.2, 0.25) is 0 Å². The van der Waals surface area contributed by atoms with Crippen LogP contribution in [0.25, 0.3) is 0 Å². The summed E-state index contributed by atoms with van der Waals surface area (Å²) in [5, 5.41) is 10.6. The zero-order chi connectivity index (χ0) is 68.7. The van der Waals surface area contributed by atoms with E-state index in [0.29, 0.717) is 37.5 Å². The molecule has 0 aliphatic heterocycles. The molecule has 0 bridgehead atoms. The molecule has 0 aromatic rings. The van der Waals surface area contributed by atoms with E-state index in [-0.39, 0.29) is 25.7 Å². The van der Waals surface area contributed by atoms with Crippen molar-refractivity contribution in [3.05, 3.63) is 0 Å². The van der Waals surface area contributed by atoms with Gasteiger partial charge in [0.05, 0.1) is 26.4 Å². The lowest BCUT2D eigenvalue weighted by atomic mass is 10.0. The maximum atomic E-state index is 13.0. The van der Waals surface area contributed by atoms with E-state index in [4.69, 9.17) is 37.0 Å². The zero-order valence-electron chi connectivity index (χ0n) is 60.7. The minimum atomic E-state index is -4.95. The number of rotatable bonds is 72. The van der Waals surface area contributed by atoms with E-state index < -0.39 is 97.5 Å². The Kier molecular flexibility index (Phi) is 63.4. The highest BCUT2D eigenvalue weighted by atomic mass is 31.2. The largest absolute Gasteiger partial charge is 0.472 e. The molecule has 17 nitrogen and oxygen atoms in total.